The van der Waals surface area contributed by atoms with E-state index in [1.54, 1.807) is 0 Å². The van der Waals surface area contributed by atoms with E-state index in [-0.39, 0.29) is 18.2 Å². The Balaban J connectivity index is 1.27. The summed E-state index contributed by atoms with van der Waals surface area (Å²) in [5.74, 6) is 2.63. The number of anilines is 1. The van der Waals surface area contributed by atoms with Crippen LogP contribution in [0.4, 0.5) is 18.9 Å². The number of rotatable bonds is 5. The maximum atomic E-state index is 12.3. The second-order valence-electron chi connectivity index (χ2n) is 7.95. The van der Waals surface area contributed by atoms with Gasteiger partial charge < -0.3 is 15.4 Å². The van der Waals surface area contributed by atoms with Crippen LogP contribution in [-0.4, -0.2) is 24.9 Å². The maximum Gasteiger partial charge on any atom is 0.573 e. The van der Waals surface area contributed by atoms with E-state index in [2.05, 4.69) is 15.4 Å². The highest BCUT2D eigenvalue weighted by atomic mass is 19.4. The summed E-state index contributed by atoms with van der Waals surface area (Å²) in [4.78, 5) is 12.3. The number of carbonyl (C=O) groups is 1. The van der Waals surface area contributed by atoms with Crippen LogP contribution in [0, 0.1) is 23.7 Å². The third-order valence-electron chi connectivity index (χ3n) is 6.10. The van der Waals surface area contributed by atoms with Crippen LogP contribution in [-0.2, 0) is 4.79 Å². The monoisotopic (exact) mass is 368 g/mol. The molecular weight excluding hydrogens is 345 g/mol. The Morgan fingerprint density at radius 1 is 1.00 bits per heavy atom. The lowest BCUT2D eigenvalue weighted by molar-refractivity contribution is -0.274. The SMILES string of the molecule is O=C(CNc1ccc(OC(F)(F)F)cc1)NC1C2CC3CC(C2)CC1C3. The highest BCUT2D eigenvalue weighted by Crippen LogP contribution is 2.53. The number of carbonyl (C=O) groups excluding carboxylic acids is 1. The first kappa shape index (κ1) is 17.5. The standard InChI is InChI=1S/C19H23F3N2O2/c20-19(21,22)26-16-3-1-15(2-4-16)23-10-17(25)24-18-13-6-11-5-12(8-13)9-14(18)7-11/h1-4,11-14,18,23H,5-10H2,(H,24,25). The molecule has 26 heavy (non-hydrogen) atoms. The molecule has 0 aromatic heterocycles. The molecule has 1 aromatic rings. The van der Waals surface area contributed by atoms with Crippen molar-refractivity contribution in [3.05, 3.63) is 24.3 Å². The third kappa shape index (κ3) is 3.91. The Morgan fingerprint density at radius 2 is 1.58 bits per heavy atom. The zero-order chi connectivity index (χ0) is 18.3. The van der Waals surface area contributed by atoms with Crippen LogP contribution in [0.3, 0.4) is 0 Å². The van der Waals surface area contributed by atoms with Gasteiger partial charge in [-0.15, -0.1) is 13.2 Å². The summed E-state index contributed by atoms with van der Waals surface area (Å²) < 4.78 is 40.3. The average molecular weight is 368 g/mol. The van der Waals surface area contributed by atoms with Crippen LogP contribution >= 0.6 is 0 Å². The number of hydrogen-bond acceptors (Lipinski definition) is 3. The summed E-state index contributed by atoms with van der Waals surface area (Å²) in [6, 6.07) is 5.69. The van der Waals surface area contributed by atoms with Crippen molar-refractivity contribution in [3.8, 4) is 5.75 Å². The Kier molecular flexibility index (Phi) is 4.49. The number of nitrogens with one attached hydrogen (secondary N) is 2. The fourth-order valence-corrected chi connectivity index (χ4v) is 5.35. The normalized spacial score (nSPS) is 32.3. The van der Waals surface area contributed by atoms with Crippen molar-refractivity contribution in [2.45, 2.75) is 44.5 Å². The Bertz CT molecular complexity index is 632. The van der Waals surface area contributed by atoms with Crippen LogP contribution in [0.15, 0.2) is 24.3 Å². The van der Waals surface area contributed by atoms with E-state index < -0.39 is 6.36 Å². The predicted molar refractivity (Wildman–Crippen MR) is 90.6 cm³/mol. The summed E-state index contributed by atoms with van der Waals surface area (Å²) in [5, 5.41) is 6.16. The zero-order valence-electron chi connectivity index (χ0n) is 14.4. The van der Waals surface area contributed by atoms with Gasteiger partial charge in [0.1, 0.15) is 5.75 Å². The van der Waals surface area contributed by atoms with Gasteiger partial charge >= 0.3 is 6.36 Å². The average Bonchev–Trinajstić information content (AvgIpc) is 2.55. The molecule has 0 aliphatic heterocycles. The molecule has 5 rings (SSSR count). The largest absolute Gasteiger partial charge is 0.573 e. The van der Waals surface area contributed by atoms with E-state index in [1.807, 2.05) is 0 Å². The van der Waals surface area contributed by atoms with Crippen molar-refractivity contribution >= 4 is 11.6 Å². The van der Waals surface area contributed by atoms with Gasteiger partial charge in [0.2, 0.25) is 5.91 Å². The highest BCUT2D eigenvalue weighted by molar-refractivity contribution is 5.81. The van der Waals surface area contributed by atoms with Crippen molar-refractivity contribution in [1.82, 2.24) is 5.32 Å². The second-order valence-corrected chi connectivity index (χ2v) is 7.95. The molecule has 4 saturated carbocycles. The molecule has 142 valence electrons. The van der Waals surface area contributed by atoms with Gasteiger partial charge in [-0.25, -0.2) is 0 Å². The Labute approximate surface area is 150 Å². The third-order valence-corrected chi connectivity index (χ3v) is 6.10. The van der Waals surface area contributed by atoms with E-state index in [0.29, 0.717) is 23.6 Å². The van der Waals surface area contributed by atoms with Crippen molar-refractivity contribution in [2.75, 3.05) is 11.9 Å². The van der Waals surface area contributed by atoms with Crippen LogP contribution in [0.1, 0.15) is 32.1 Å². The molecule has 0 radical (unpaired) electrons. The number of benzene rings is 1. The summed E-state index contributed by atoms with van der Waals surface area (Å²) in [6.07, 6.45) is 1.65. The van der Waals surface area contributed by atoms with Crippen molar-refractivity contribution in [1.29, 1.82) is 0 Å². The first-order valence-electron chi connectivity index (χ1n) is 9.25. The van der Waals surface area contributed by atoms with E-state index in [9.17, 15) is 18.0 Å². The van der Waals surface area contributed by atoms with Crippen molar-refractivity contribution in [2.24, 2.45) is 23.7 Å². The molecule has 0 atom stereocenters. The lowest BCUT2D eigenvalue weighted by atomic mass is 9.54. The molecule has 2 N–H and O–H groups in total. The minimum Gasteiger partial charge on any atom is -0.406 e. The Morgan fingerprint density at radius 3 is 2.12 bits per heavy atom. The smallest absolute Gasteiger partial charge is 0.406 e. The number of alkyl halides is 3. The van der Waals surface area contributed by atoms with Crippen LogP contribution in [0.2, 0.25) is 0 Å². The molecule has 7 heteroatoms. The van der Waals surface area contributed by atoms with Gasteiger partial charge in [0.15, 0.2) is 0 Å². The lowest BCUT2D eigenvalue weighted by Crippen LogP contribution is -2.56. The van der Waals surface area contributed by atoms with E-state index in [1.165, 1.54) is 56.4 Å². The summed E-state index contributed by atoms with van der Waals surface area (Å²) in [5.41, 5.74) is 0.583. The van der Waals surface area contributed by atoms with Crippen molar-refractivity contribution in [3.63, 3.8) is 0 Å². The van der Waals surface area contributed by atoms with Crippen LogP contribution in [0.25, 0.3) is 0 Å². The molecule has 0 heterocycles. The topological polar surface area (TPSA) is 50.4 Å². The van der Waals surface area contributed by atoms with E-state index in [0.717, 1.165) is 11.8 Å². The number of halogens is 3. The molecule has 4 fully saturated rings. The zero-order valence-corrected chi connectivity index (χ0v) is 14.4. The van der Waals surface area contributed by atoms with Gasteiger partial charge in [-0.05, 0) is 80.0 Å². The lowest BCUT2D eigenvalue weighted by Gasteiger charge is -2.54. The molecule has 1 amide bonds. The number of ether oxygens (including phenoxy) is 1. The summed E-state index contributed by atoms with van der Waals surface area (Å²) >= 11 is 0. The molecule has 0 saturated heterocycles. The maximum absolute atomic E-state index is 12.3. The fraction of sp³-hybridized carbons (Fsp3) is 0.632. The highest BCUT2D eigenvalue weighted by Gasteiger charge is 2.48. The van der Waals surface area contributed by atoms with Gasteiger partial charge in [0.25, 0.3) is 0 Å². The van der Waals surface area contributed by atoms with E-state index >= 15 is 0 Å². The quantitative estimate of drug-likeness (QED) is 0.828. The van der Waals surface area contributed by atoms with Gasteiger partial charge in [-0.3, -0.25) is 4.79 Å². The predicted octanol–water partition coefficient (Wildman–Crippen LogP) is 3.94. The first-order valence-corrected chi connectivity index (χ1v) is 9.25. The first-order chi connectivity index (χ1) is 12.4. The minimum absolute atomic E-state index is 0.0573. The van der Waals surface area contributed by atoms with Gasteiger partial charge in [-0.1, -0.05) is 0 Å². The van der Waals surface area contributed by atoms with Gasteiger partial charge in [-0.2, -0.15) is 0 Å². The number of hydrogen-bond donors (Lipinski definition) is 2. The van der Waals surface area contributed by atoms with E-state index in [4.69, 9.17) is 0 Å². The Hall–Kier alpha value is -1.92. The molecule has 1 aromatic carbocycles. The number of amides is 1. The van der Waals surface area contributed by atoms with Gasteiger partial charge in [0.05, 0.1) is 6.54 Å². The van der Waals surface area contributed by atoms with Crippen LogP contribution in [0.5, 0.6) is 5.75 Å². The molecule has 4 nitrogen and oxygen atoms in total. The van der Waals surface area contributed by atoms with Gasteiger partial charge in [0, 0.05) is 11.7 Å². The molecule has 0 unspecified atom stereocenters. The van der Waals surface area contributed by atoms with Crippen LogP contribution < -0.4 is 15.4 Å². The minimum atomic E-state index is -4.70. The fourth-order valence-electron chi connectivity index (χ4n) is 5.35. The molecular formula is C19H23F3N2O2. The summed E-state index contributed by atoms with van der Waals surface area (Å²) in [7, 11) is 0. The molecule has 4 aliphatic carbocycles. The molecule has 4 aliphatic rings. The molecule has 0 spiro atoms. The summed E-state index contributed by atoms with van der Waals surface area (Å²) in [6.45, 7) is 0.113. The second kappa shape index (κ2) is 6.67. The molecule has 4 bridgehead atoms. The van der Waals surface area contributed by atoms with Crippen molar-refractivity contribution < 1.29 is 22.7 Å².